The van der Waals surface area contributed by atoms with E-state index >= 15 is 0 Å². The van der Waals surface area contributed by atoms with Crippen LogP contribution in [0.15, 0.2) is 30.3 Å². The fraction of sp³-hybridized carbons (Fsp3) is 0.467. The van der Waals surface area contributed by atoms with E-state index < -0.39 is 34.2 Å². The summed E-state index contributed by atoms with van der Waals surface area (Å²) in [4.78, 5) is 21.4. The van der Waals surface area contributed by atoms with Crippen molar-refractivity contribution in [3.63, 3.8) is 0 Å². The maximum absolute atomic E-state index is 11.0. The Balaban J connectivity index is 0.000000400. The van der Waals surface area contributed by atoms with Crippen molar-refractivity contribution in [3.05, 3.63) is 35.9 Å². The Morgan fingerprint density at radius 2 is 1.52 bits per heavy atom. The molecule has 0 unspecified atom stereocenters. The number of benzene rings is 1. The molecule has 0 radical (unpaired) electrons. The van der Waals surface area contributed by atoms with Gasteiger partial charge in [-0.05, 0) is 12.1 Å². The van der Waals surface area contributed by atoms with Crippen LogP contribution in [0.2, 0.25) is 4.18 Å². The molecular formula is C15H23InO5. The third-order valence-electron chi connectivity index (χ3n) is 2.28. The molecule has 0 aliphatic carbocycles. The number of esters is 2. The van der Waals surface area contributed by atoms with E-state index in [1.165, 1.54) is 6.92 Å². The van der Waals surface area contributed by atoms with Gasteiger partial charge in [-0.1, -0.05) is 18.2 Å². The predicted molar refractivity (Wildman–Crippen MR) is 82.0 cm³/mol. The average molecular weight is 398 g/mol. The third-order valence-corrected chi connectivity index (χ3v) is 8.21. The molecule has 0 aliphatic rings. The van der Waals surface area contributed by atoms with E-state index in [0.29, 0.717) is 5.56 Å². The van der Waals surface area contributed by atoms with Gasteiger partial charge in [0, 0.05) is 6.92 Å². The summed E-state index contributed by atoms with van der Waals surface area (Å²) in [5, 5.41) is 0. The summed E-state index contributed by atoms with van der Waals surface area (Å²) in [6.07, 6.45) is 0. The van der Waals surface area contributed by atoms with Gasteiger partial charge in [0.1, 0.15) is 0 Å². The number of carbonyl (C=O) groups is 2. The van der Waals surface area contributed by atoms with Crippen LogP contribution < -0.4 is 0 Å². The monoisotopic (exact) mass is 398 g/mol. The van der Waals surface area contributed by atoms with Gasteiger partial charge in [0.15, 0.2) is 0 Å². The second-order valence-electron chi connectivity index (χ2n) is 4.00. The molecule has 5 nitrogen and oxygen atoms in total. The van der Waals surface area contributed by atoms with Crippen molar-refractivity contribution in [3.8, 4) is 0 Å². The summed E-state index contributed by atoms with van der Waals surface area (Å²) in [6, 6.07) is 8.37. The Kier molecular flexibility index (Phi) is 12.3. The minimum absolute atomic E-state index is 0.382. The van der Waals surface area contributed by atoms with E-state index in [9.17, 15) is 9.59 Å². The van der Waals surface area contributed by atoms with Gasteiger partial charge >= 0.3 is 78.1 Å². The quantitative estimate of drug-likeness (QED) is 0.545. The predicted octanol–water partition coefficient (Wildman–Crippen LogP) is 2.96. The third kappa shape index (κ3) is 10.5. The first-order valence-electron chi connectivity index (χ1n) is 7.06. The van der Waals surface area contributed by atoms with Gasteiger partial charge in [0.25, 0.3) is 0 Å². The van der Waals surface area contributed by atoms with Crippen LogP contribution in [-0.4, -0.2) is 47.5 Å². The first kappa shape index (κ1) is 20.2. The molecule has 0 saturated heterocycles. The van der Waals surface area contributed by atoms with Gasteiger partial charge in [0.2, 0.25) is 0 Å². The van der Waals surface area contributed by atoms with Gasteiger partial charge in [-0.15, -0.1) is 0 Å². The number of hydrogen-bond acceptors (Lipinski definition) is 5. The Labute approximate surface area is 135 Å². The van der Waals surface area contributed by atoms with E-state index in [4.69, 9.17) is 5.71 Å². The molecule has 0 saturated carbocycles. The summed E-state index contributed by atoms with van der Waals surface area (Å²) in [7, 11) is 0. The van der Waals surface area contributed by atoms with Gasteiger partial charge in [-0.3, -0.25) is 4.79 Å². The average Bonchev–Trinajstić information content (AvgIpc) is 2.48. The molecule has 0 aromatic heterocycles. The summed E-state index contributed by atoms with van der Waals surface area (Å²) < 4.78 is 16.3. The molecule has 1 aromatic carbocycles. The van der Waals surface area contributed by atoms with Crippen LogP contribution in [0.5, 0.6) is 0 Å². The van der Waals surface area contributed by atoms with Gasteiger partial charge in [-0.25, -0.2) is 4.79 Å². The summed E-state index contributed by atoms with van der Waals surface area (Å²) in [5.41, 5.74) is 0.382. The van der Waals surface area contributed by atoms with Crippen LogP contribution in [-0.2, 0) is 15.2 Å². The zero-order valence-electron chi connectivity index (χ0n) is 13.1. The van der Waals surface area contributed by atoms with Gasteiger partial charge < -0.3 is 4.74 Å². The maximum atomic E-state index is 11.0. The van der Waals surface area contributed by atoms with Crippen LogP contribution in [0.4, 0.5) is 0 Å². The van der Waals surface area contributed by atoms with Crippen molar-refractivity contribution in [1.82, 2.24) is 0 Å². The molecule has 0 heterocycles. The van der Waals surface area contributed by atoms with E-state index in [1.54, 1.807) is 30.3 Å². The zero-order chi connectivity index (χ0) is 16.1. The number of ether oxygens (including phenoxy) is 1. The number of rotatable bonds is 6. The normalized spacial score (nSPS) is 9.33. The molecule has 1 aromatic rings. The van der Waals surface area contributed by atoms with Crippen LogP contribution in [0.1, 0.15) is 38.1 Å². The van der Waals surface area contributed by atoms with Crippen molar-refractivity contribution in [2.75, 3.05) is 13.2 Å². The van der Waals surface area contributed by atoms with E-state index in [0.717, 1.165) is 17.4 Å². The van der Waals surface area contributed by atoms with Gasteiger partial charge in [-0.2, -0.15) is 0 Å². The zero-order valence-corrected chi connectivity index (χ0v) is 16.4. The van der Waals surface area contributed by atoms with Crippen molar-refractivity contribution >= 4 is 34.2 Å². The van der Waals surface area contributed by atoms with Crippen LogP contribution >= 0.6 is 0 Å². The van der Waals surface area contributed by atoms with Crippen molar-refractivity contribution in [2.24, 2.45) is 0 Å². The summed E-state index contributed by atoms with van der Waals surface area (Å²) in [5.74, 6) is -1.20. The summed E-state index contributed by atoms with van der Waals surface area (Å²) in [6.45, 7) is 9.05. The SMILES string of the molecule is CC(=O)OC(=O)c1ccccc1.CC[O][In]([CH2]C)[O]CC. The van der Waals surface area contributed by atoms with E-state index in [2.05, 4.69) is 11.7 Å². The second kappa shape index (κ2) is 12.9. The Morgan fingerprint density at radius 3 is 1.90 bits per heavy atom. The fourth-order valence-corrected chi connectivity index (χ4v) is 5.16. The molecule has 0 fully saturated rings. The van der Waals surface area contributed by atoms with Gasteiger partial charge in [0.05, 0.1) is 5.56 Å². The van der Waals surface area contributed by atoms with Crippen molar-refractivity contribution in [2.45, 2.75) is 31.9 Å². The molecule has 0 bridgehead atoms. The Hall–Kier alpha value is -0.850. The molecular weight excluding hydrogens is 375 g/mol. The molecule has 1 rings (SSSR count). The molecule has 116 valence electrons. The first-order chi connectivity index (χ1) is 10.0. The van der Waals surface area contributed by atoms with Crippen LogP contribution in [0.3, 0.4) is 0 Å². The van der Waals surface area contributed by atoms with Crippen molar-refractivity contribution in [1.29, 1.82) is 0 Å². The molecule has 0 spiro atoms. The molecule has 0 atom stereocenters. The molecule has 21 heavy (non-hydrogen) atoms. The molecule has 0 aliphatic heterocycles. The Morgan fingerprint density at radius 1 is 1.00 bits per heavy atom. The summed E-state index contributed by atoms with van der Waals surface area (Å²) >= 11 is -1.84. The van der Waals surface area contributed by atoms with Crippen LogP contribution in [0, 0.1) is 0 Å². The van der Waals surface area contributed by atoms with Crippen molar-refractivity contribution < 1.29 is 20.0 Å². The minimum atomic E-state index is -1.84. The topological polar surface area (TPSA) is 61.8 Å². The second-order valence-corrected chi connectivity index (χ2v) is 10.7. The fourth-order valence-electron chi connectivity index (χ4n) is 1.42. The van der Waals surface area contributed by atoms with E-state index in [1.807, 2.05) is 13.8 Å². The number of carbonyl (C=O) groups excluding carboxylic acids is 2. The number of hydrogen-bond donors (Lipinski definition) is 0. The molecule has 0 amide bonds. The first-order valence-corrected chi connectivity index (χ1v) is 12.1. The van der Waals surface area contributed by atoms with E-state index in [-0.39, 0.29) is 0 Å². The molecule has 0 N–H and O–H groups in total. The standard InChI is InChI=1S/C9H8O3.2C2H5O.C2H5.In/c1-7(10)12-9(11)8-5-3-2-4-6-8;2*1-2-3;1-2;/h2-6H,1H3;2*2H2,1H3;1H2,2H3;/q;2*-1;;+2. The Bertz CT molecular complexity index is 402. The van der Waals surface area contributed by atoms with Crippen LogP contribution in [0.25, 0.3) is 0 Å². The molecule has 6 heteroatoms.